The molecule has 5 rings (SSSR count). The smallest absolute Gasteiger partial charge is 0.290 e. The van der Waals surface area contributed by atoms with E-state index in [1.54, 1.807) is 7.11 Å². The van der Waals surface area contributed by atoms with Crippen LogP contribution in [0.1, 0.15) is 29.8 Å². The van der Waals surface area contributed by atoms with E-state index in [4.69, 9.17) is 13.9 Å². The van der Waals surface area contributed by atoms with Gasteiger partial charge in [0.25, 0.3) is 5.91 Å². The number of likely N-dealkylation sites (tertiary alicyclic amines) is 1. The molecule has 0 N–H and O–H groups in total. The molecule has 6 heteroatoms. The van der Waals surface area contributed by atoms with Gasteiger partial charge in [-0.05, 0) is 49.4 Å². The molecule has 0 saturated carbocycles. The second-order valence-electron chi connectivity index (χ2n) is 9.01. The molecule has 0 unspecified atom stereocenters. The van der Waals surface area contributed by atoms with E-state index in [2.05, 4.69) is 4.90 Å². The minimum absolute atomic E-state index is 0.0179. The van der Waals surface area contributed by atoms with Crippen LogP contribution in [0.5, 0.6) is 5.75 Å². The van der Waals surface area contributed by atoms with Crippen molar-refractivity contribution in [1.29, 1.82) is 0 Å². The number of amides is 1. The predicted molar refractivity (Wildman–Crippen MR) is 129 cm³/mol. The number of hydrogen-bond acceptors (Lipinski definition) is 5. The molecule has 0 atom stereocenters. The number of carbonyl (C=O) groups is 1. The Morgan fingerprint density at radius 1 is 1.03 bits per heavy atom. The molecule has 0 radical (unpaired) electrons. The van der Waals surface area contributed by atoms with Gasteiger partial charge in [-0.2, -0.15) is 0 Å². The van der Waals surface area contributed by atoms with Gasteiger partial charge in [0.15, 0.2) is 0 Å². The summed E-state index contributed by atoms with van der Waals surface area (Å²) in [5, 5.41) is 0.936. The van der Waals surface area contributed by atoms with E-state index in [1.807, 2.05) is 53.4 Å². The Bertz CT molecular complexity index is 1080. The Hall–Kier alpha value is -2.83. The summed E-state index contributed by atoms with van der Waals surface area (Å²) in [5.41, 5.74) is 2.54. The number of fused-ring (bicyclic) bond motifs is 1. The normalized spacial score (nSPS) is 18.0. The number of hydrogen-bond donors (Lipinski definition) is 0. The van der Waals surface area contributed by atoms with E-state index in [0.717, 1.165) is 81.0 Å². The van der Waals surface area contributed by atoms with Gasteiger partial charge in [0, 0.05) is 43.2 Å². The van der Waals surface area contributed by atoms with Crippen LogP contribution in [0.25, 0.3) is 22.1 Å². The van der Waals surface area contributed by atoms with Crippen molar-refractivity contribution in [3.63, 3.8) is 0 Å². The zero-order valence-corrected chi connectivity index (χ0v) is 19.3. The molecule has 2 aliphatic rings. The summed E-state index contributed by atoms with van der Waals surface area (Å²) in [6.07, 6.45) is 3.29. The summed E-state index contributed by atoms with van der Waals surface area (Å²) in [6, 6.07) is 15.8. The van der Waals surface area contributed by atoms with Crippen molar-refractivity contribution < 1.29 is 18.7 Å². The van der Waals surface area contributed by atoms with Gasteiger partial charge < -0.3 is 18.8 Å². The molecule has 2 saturated heterocycles. The maximum Gasteiger partial charge on any atom is 0.290 e. The Kier molecular flexibility index (Phi) is 6.65. The lowest BCUT2D eigenvalue weighted by Crippen LogP contribution is -2.40. The van der Waals surface area contributed by atoms with Crippen molar-refractivity contribution in [3.05, 3.63) is 54.3 Å². The molecule has 33 heavy (non-hydrogen) atoms. The molecule has 2 fully saturated rings. The maximum absolute atomic E-state index is 13.6. The number of rotatable bonds is 6. The molecule has 3 heterocycles. The lowest BCUT2D eigenvalue weighted by atomic mass is 9.92. The lowest BCUT2D eigenvalue weighted by molar-refractivity contribution is 0.0331. The highest BCUT2D eigenvalue weighted by Gasteiger charge is 2.29. The Morgan fingerprint density at radius 2 is 1.79 bits per heavy atom. The summed E-state index contributed by atoms with van der Waals surface area (Å²) in [5.74, 6) is 1.80. The van der Waals surface area contributed by atoms with Crippen LogP contribution in [0.3, 0.4) is 0 Å². The van der Waals surface area contributed by atoms with Crippen molar-refractivity contribution in [3.8, 4) is 16.9 Å². The number of nitrogens with zero attached hydrogens (tertiary/aromatic N) is 2. The van der Waals surface area contributed by atoms with Crippen LogP contribution < -0.4 is 4.74 Å². The SMILES string of the molecule is COc1ccc2c(-c3ccccc3)c(C(=O)N3CCC(CCN4CCOCC4)CC3)oc2c1. The van der Waals surface area contributed by atoms with E-state index in [0.29, 0.717) is 17.3 Å². The number of carbonyl (C=O) groups excluding carboxylic acids is 1. The average Bonchev–Trinajstić information content (AvgIpc) is 3.27. The number of piperidine rings is 1. The number of ether oxygens (including phenoxy) is 2. The first kappa shape index (κ1) is 22.0. The Morgan fingerprint density at radius 3 is 2.52 bits per heavy atom. The number of furan rings is 1. The summed E-state index contributed by atoms with van der Waals surface area (Å²) in [4.78, 5) is 18.1. The van der Waals surface area contributed by atoms with E-state index >= 15 is 0 Å². The first-order chi connectivity index (χ1) is 16.2. The lowest BCUT2D eigenvalue weighted by Gasteiger charge is -2.33. The summed E-state index contributed by atoms with van der Waals surface area (Å²) in [6.45, 7) is 6.46. The molecule has 1 aromatic heterocycles. The average molecular weight is 449 g/mol. The minimum atomic E-state index is -0.0179. The highest BCUT2D eigenvalue weighted by molar-refractivity contribution is 6.08. The summed E-state index contributed by atoms with van der Waals surface area (Å²) < 4.78 is 17.0. The molecule has 2 aromatic carbocycles. The molecular weight excluding hydrogens is 416 g/mol. The van der Waals surface area contributed by atoms with Gasteiger partial charge in [-0.15, -0.1) is 0 Å². The number of benzene rings is 2. The molecule has 174 valence electrons. The van der Waals surface area contributed by atoms with Gasteiger partial charge in [0.1, 0.15) is 11.3 Å². The Balaban J connectivity index is 1.32. The molecule has 1 amide bonds. The highest BCUT2D eigenvalue weighted by Crippen LogP contribution is 2.37. The highest BCUT2D eigenvalue weighted by atomic mass is 16.5. The van der Waals surface area contributed by atoms with Crippen molar-refractivity contribution in [2.45, 2.75) is 19.3 Å². The van der Waals surface area contributed by atoms with Crippen LogP contribution in [0.15, 0.2) is 52.9 Å². The zero-order chi connectivity index (χ0) is 22.6. The van der Waals surface area contributed by atoms with Crippen LogP contribution in [0.4, 0.5) is 0 Å². The first-order valence-corrected chi connectivity index (χ1v) is 12.0. The van der Waals surface area contributed by atoms with Gasteiger partial charge in [-0.3, -0.25) is 9.69 Å². The number of morpholine rings is 1. The molecule has 3 aromatic rings. The van der Waals surface area contributed by atoms with Gasteiger partial charge in [0.2, 0.25) is 5.76 Å². The first-order valence-electron chi connectivity index (χ1n) is 12.0. The van der Waals surface area contributed by atoms with Crippen LogP contribution in [-0.4, -0.2) is 68.8 Å². The fraction of sp³-hybridized carbons (Fsp3) is 0.444. The van der Waals surface area contributed by atoms with E-state index in [1.165, 1.54) is 6.42 Å². The standard InChI is InChI=1S/C27H32N2O4/c1-31-22-7-8-23-24(19-22)33-26(25(23)21-5-3-2-4-6-21)27(30)29-13-10-20(11-14-29)9-12-28-15-17-32-18-16-28/h2-8,19-20H,9-18H2,1H3. The van der Waals surface area contributed by atoms with Crippen molar-refractivity contribution >= 4 is 16.9 Å². The quantitative estimate of drug-likeness (QED) is 0.548. The monoisotopic (exact) mass is 448 g/mol. The molecule has 0 bridgehead atoms. The van der Waals surface area contributed by atoms with Crippen molar-refractivity contribution in [2.24, 2.45) is 5.92 Å². The summed E-state index contributed by atoms with van der Waals surface area (Å²) >= 11 is 0. The van der Waals surface area contributed by atoms with Gasteiger partial charge in [0.05, 0.1) is 20.3 Å². The topological polar surface area (TPSA) is 55.2 Å². The van der Waals surface area contributed by atoms with E-state index in [9.17, 15) is 4.79 Å². The van der Waals surface area contributed by atoms with Crippen LogP contribution in [-0.2, 0) is 4.74 Å². The van der Waals surface area contributed by atoms with Gasteiger partial charge >= 0.3 is 0 Å². The second-order valence-corrected chi connectivity index (χ2v) is 9.01. The van der Waals surface area contributed by atoms with E-state index in [-0.39, 0.29) is 5.91 Å². The maximum atomic E-state index is 13.6. The largest absolute Gasteiger partial charge is 0.497 e. The predicted octanol–water partition coefficient (Wildman–Crippen LogP) is 4.68. The van der Waals surface area contributed by atoms with Crippen LogP contribution in [0.2, 0.25) is 0 Å². The molecule has 6 nitrogen and oxygen atoms in total. The summed E-state index contributed by atoms with van der Waals surface area (Å²) in [7, 11) is 1.64. The third-order valence-corrected chi connectivity index (χ3v) is 7.01. The zero-order valence-electron chi connectivity index (χ0n) is 19.3. The van der Waals surface area contributed by atoms with Crippen molar-refractivity contribution in [2.75, 3.05) is 53.0 Å². The van der Waals surface area contributed by atoms with Gasteiger partial charge in [-0.1, -0.05) is 30.3 Å². The van der Waals surface area contributed by atoms with Gasteiger partial charge in [-0.25, -0.2) is 0 Å². The minimum Gasteiger partial charge on any atom is -0.497 e. The third kappa shape index (κ3) is 4.77. The molecular formula is C27H32N2O4. The number of methoxy groups -OCH3 is 1. The second kappa shape index (κ2) is 9.98. The third-order valence-electron chi connectivity index (χ3n) is 7.01. The van der Waals surface area contributed by atoms with Crippen LogP contribution >= 0.6 is 0 Å². The van der Waals surface area contributed by atoms with Crippen LogP contribution in [0, 0.1) is 5.92 Å². The Labute approximate surface area is 195 Å². The molecule has 0 spiro atoms. The fourth-order valence-electron chi connectivity index (χ4n) is 5.00. The molecule has 0 aliphatic carbocycles. The van der Waals surface area contributed by atoms with Crippen molar-refractivity contribution in [1.82, 2.24) is 9.80 Å². The fourth-order valence-corrected chi connectivity index (χ4v) is 5.00. The van der Waals surface area contributed by atoms with E-state index < -0.39 is 0 Å². The molecule has 2 aliphatic heterocycles.